The second-order valence-electron chi connectivity index (χ2n) is 7.72. The minimum atomic E-state index is -0.871. The van der Waals surface area contributed by atoms with E-state index in [-0.39, 0.29) is 5.56 Å². The van der Waals surface area contributed by atoms with Gasteiger partial charge < -0.3 is 0 Å². The van der Waals surface area contributed by atoms with Crippen LogP contribution in [-0.2, 0) is 12.8 Å². The molecular formula is C28H32F2. The molecule has 0 aliphatic heterocycles. The van der Waals surface area contributed by atoms with Gasteiger partial charge in [-0.05, 0) is 72.8 Å². The Morgan fingerprint density at radius 1 is 0.633 bits per heavy atom. The monoisotopic (exact) mass is 406 g/mol. The van der Waals surface area contributed by atoms with Crippen LogP contribution in [-0.4, -0.2) is 0 Å². The van der Waals surface area contributed by atoms with Gasteiger partial charge in [-0.3, -0.25) is 0 Å². The minimum absolute atomic E-state index is 0.0570. The van der Waals surface area contributed by atoms with Crippen LogP contribution in [0.3, 0.4) is 0 Å². The van der Waals surface area contributed by atoms with Gasteiger partial charge in [0, 0.05) is 5.56 Å². The van der Waals surface area contributed by atoms with Crippen molar-refractivity contribution in [3.63, 3.8) is 0 Å². The predicted octanol–water partition coefficient (Wildman–Crippen LogP) is 7.61. The summed E-state index contributed by atoms with van der Waals surface area (Å²) in [6.07, 6.45) is 10.8. The van der Waals surface area contributed by atoms with E-state index in [0.29, 0.717) is 12.0 Å². The fraction of sp³-hybridized carbons (Fsp3) is 0.429. The van der Waals surface area contributed by atoms with Crippen LogP contribution < -0.4 is 0 Å². The molecule has 158 valence electrons. The molecule has 0 radical (unpaired) electrons. The van der Waals surface area contributed by atoms with E-state index in [1.165, 1.54) is 31.2 Å². The first-order valence-electron chi connectivity index (χ1n) is 11.2. The van der Waals surface area contributed by atoms with Gasteiger partial charge in [-0.1, -0.05) is 76.5 Å². The Kier molecular flexibility index (Phi) is 10.7. The predicted molar refractivity (Wildman–Crippen MR) is 122 cm³/mol. The Morgan fingerprint density at radius 3 is 1.93 bits per heavy atom. The van der Waals surface area contributed by atoms with Crippen LogP contribution in [0.1, 0.15) is 87.5 Å². The molecule has 2 heteroatoms. The van der Waals surface area contributed by atoms with E-state index >= 15 is 0 Å². The lowest BCUT2D eigenvalue weighted by molar-refractivity contribution is 0.493. The van der Waals surface area contributed by atoms with Crippen molar-refractivity contribution in [2.75, 3.05) is 0 Å². The largest absolute Gasteiger partial charge is 0.203 e. The molecule has 0 saturated carbocycles. The zero-order valence-corrected chi connectivity index (χ0v) is 18.3. The smallest absolute Gasteiger partial charge is 0.174 e. The molecule has 0 spiro atoms. The number of benzene rings is 2. The fourth-order valence-electron chi connectivity index (χ4n) is 3.33. The Balaban J connectivity index is 1.94. The van der Waals surface area contributed by atoms with Crippen LogP contribution in [0.15, 0.2) is 36.4 Å². The molecule has 0 aliphatic rings. The first kappa shape index (κ1) is 23.7. The maximum atomic E-state index is 14.3. The number of rotatable bonds is 10. The van der Waals surface area contributed by atoms with Gasteiger partial charge in [-0.2, -0.15) is 0 Å². The lowest BCUT2D eigenvalue weighted by Crippen LogP contribution is -1.98. The molecule has 0 N–H and O–H groups in total. The van der Waals surface area contributed by atoms with E-state index in [0.717, 1.165) is 37.7 Å². The molecule has 0 aromatic heterocycles. The number of hydrogen-bond donors (Lipinski definition) is 0. The second-order valence-corrected chi connectivity index (χ2v) is 7.72. The van der Waals surface area contributed by atoms with Crippen LogP contribution >= 0.6 is 0 Å². The van der Waals surface area contributed by atoms with E-state index in [2.05, 4.69) is 49.7 Å². The Morgan fingerprint density at radius 2 is 1.27 bits per heavy atom. The van der Waals surface area contributed by atoms with Crippen LogP contribution in [0.25, 0.3) is 0 Å². The van der Waals surface area contributed by atoms with E-state index in [1.807, 2.05) is 12.1 Å². The molecule has 0 unspecified atom stereocenters. The number of aryl methyl sites for hydroxylation is 2. The number of hydrogen-bond acceptors (Lipinski definition) is 0. The molecule has 0 amide bonds. The molecule has 0 fully saturated rings. The van der Waals surface area contributed by atoms with Crippen molar-refractivity contribution >= 4 is 0 Å². The molecule has 30 heavy (non-hydrogen) atoms. The highest BCUT2D eigenvalue weighted by Crippen LogP contribution is 2.18. The van der Waals surface area contributed by atoms with Crippen LogP contribution in [0.5, 0.6) is 0 Å². The van der Waals surface area contributed by atoms with Crippen LogP contribution in [0.2, 0.25) is 0 Å². The second kappa shape index (κ2) is 13.6. The summed E-state index contributed by atoms with van der Waals surface area (Å²) in [5.41, 5.74) is 2.67. The topological polar surface area (TPSA) is 0 Å². The summed E-state index contributed by atoms with van der Waals surface area (Å²) in [6, 6.07) is 11.3. The summed E-state index contributed by atoms with van der Waals surface area (Å²) >= 11 is 0. The summed E-state index contributed by atoms with van der Waals surface area (Å²) in [5.74, 6) is 9.34. The quantitative estimate of drug-likeness (QED) is 0.281. The normalized spacial score (nSPS) is 10.1. The summed E-state index contributed by atoms with van der Waals surface area (Å²) in [4.78, 5) is 0. The summed E-state index contributed by atoms with van der Waals surface area (Å²) < 4.78 is 28.5. The molecular weight excluding hydrogens is 374 g/mol. The molecule has 0 atom stereocenters. The molecule has 0 bridgehead atoms. The van der Waals surface area contributed by atoms with Crippen molar-refractivity contribution in [3.8, 4) is 23.7 Å². The van der Waals surface area contributed by atoms with Crippen molar-refractivity contribution in [1.82, 2.24) is 0 Å². The van der Waals surface area contributed by atoms with E-state index in [1.54, 1.807) is 12.1 Å². The highest BCUT2D eigenvalue weighted by molar-refractivity contribution is 5.46. The number of halogens is 2. The van der Waals surface area contributed by atoms with Gasteiger partial charge in [0.05, 0.1) is 5.56 Å². The van der Waals surface area contributed by atoms with Crippen molar-refractivity contribution in [2.45, 2.75) is 78.1 Å². The van der Waals surface area contributed by atoms with E-state index < -0.39 is 11.6 Å². The lowest BCUT2D eigenvalue weighted by Gasteiger charge is -2.05. The number of unbranched alkanes of at least 4 members (excludes halogenated alkanes) is 6. The third-order valence-electron chi connectivity index (χ3n) is 5.20. The average molecular weight is 407 g/mol. The van der Waals surface area contributed by atoms with Gasteiger partial charge in [-0.25, -0.2) is 8.78 Å². The maximum absolute atomic E-state index is 14.3. The van der Waals surface area contributed by atoms with E-state index in [9.17, 15) is 8.78 Å². The maximum Gasteiger partial charge on any atom is 0.174 e. The van der Waals surface area contributed by atoms with Gasteiger partial charge in [0.25, 0.3) is 0 Å². The fourth-order valence-corrected chi connectivity index (χ4v) is 3.33. The lowest BCUT2D eigenvalue weighted by atomic mass is 10.0. The summed E-state index contributed by atoms with van der Waals surface area (Å²) in [7, 11) is 0. The van der Waals surface area contributed by atoms with Crippen LogP contribution in [0, 0.1) is 35.3 Å². The zero-order valence-electron chi connectivity index (χ0n) is 18.3. The SMILES string of the molecule is CCCCCCc1ccc(C#CC#Cc2ccc(CCCCCC)c(F)c2F)cc1. The van der Waals surface area contributed by atoms with Crippen molar-refractivity contribution in [3.05, 3.63) is 70.3 Å². The van der Waals surface area contributed by atoms with Gasteiger partial charge >= 0.3 is 0 Å². The molecule has 0 heterocycles. The molecule has 2 aromatic carbocycles. The Bertz CT molecular complexity index is 902. The van der Waals surface area contributed by atoms with Gasteiger partial charge in [0.2, 0.25) is 0 Å². The first-order chi connectivity index (χ1) is 14.7. The van der Waals surface area contributed by atoms with Crippen LogP contribution in [0.4, 0.5) is 8.78 Å². The Labute approximate surface area is 181 Å². The minimum Gasteiger partial charge on any atom is -0.203 e. The summed E-state index contributed by atoms with van der Waals surface area (Å²) in [5, 5.41) is 0. The first-order valence-corrected chi connectivity index (χ1v) is 11.2. The average Bonchev–Trinajstić information content (AvgIpc) is 2.76. The third-order valence-corrected chi connectivity index (χ3v) is 5.20. The standard InChI is InChI=1S/C28H32F2/c1-3-5-7-9-13-23-17-19-24(20-18-23)14-11-12-16-26-22-21-25(27(29)28(26)30)15-10-8-6-4-2/h17-22H,3-10,13,15H2,1-2H3. The summed E-state index contributed by atoms with van der Waals surface area (Å²) in [6.45, 7) is 4.34. The van der Waals surface area contributed by atoms with Gasteiger partial charge in [0.1, 0.15) is 0 Å². The zero-order chi connectivity index (χ0) is 21.6. The molecule has 0 nitrogen and oxygen atoms in total. The van der Waals surface area contributed by atoms with Crippen molar-refractivity contribution < 1.29 is 8.78 Å². The Hall–Kier alpha value is -2.58. The highest BCUT2D eigenvalue weighted by Gasteiger charge is 2.11. The van der Waals surface area contributed by atoms with Crippen molar-refractivity contribution in [2.24, 2.45) is 0 Å². The van der Waals surface area contributed by atoms with Gasteiger partial charge in [0.15, 0.2) is 11.6 Å². The highest BCUT2D eigenvalue weighted by atomic mass is 19.2. The molecule has 2 aromatic rings. The van der Waals surface area contributed by atoms with E-state index in [4.69, 9.17) is 0 Å². The molecule has 2 rings (SSSR count). The third kappa shape index (κ3) is 8.04. The molecule has 0 aliphatic carbocycles. The van der Waals surface area contributed by atoms with Crippen molar-refractivity contribution in [1.29, 1.82) is 0 Å². The molecule has 0 saturated heterocycles. The van der Waals surface area contributed by atoms with Gasteiger partial charge in [-0.15, -0.1) is 0 Å².